The third kappa shape index (κ3) is 13.4. The summed E-state index contributed by atoms with van der Waals surface area (Å²) in [5.41, 5.74) is 1.58. The molecule has 13 heteroatoms. The van der Waals surface area contributed by atoms with Crippen LogP contribution in [0.3, 0.4) is 0 Å². The Balaban J connectivity index is 1.44. The molecule has 13 nitrogen and oxygen atoms in total. The zero-order valence-electron chi connectivity index (χ0n) is 25.6. The van der Waals surface area contributed by atoms with Gasteiger partial charge in [0.2, 0.25) is 17.8 Å². The summed E-state index contributed by atoms with van der Waals surface area (Å²) < 4.78 is 26.8. The van der Waals surface area contributed by atoms with Gasteiger partial charge < -0.3 is 45.0 Å². The van der Waals surface area contributed by atoms with Gasteiger partial charge in [-0.15, -0.1) is 0 Å². The van der Waals surface area contributed by atoms with Gasteiger partial charge in [-0.05, 0) is 56.2 Å². The molecule has 1 aromatic heterocycles. The van der Waals surface area contributed by atoms with Crippen LogP contribution in [0, 0.1) is 0 Å². The maximum Gasteiger partial charge on any atom is 0.407 e. The van der Waals surface area contributed by atoms with Crippen LogP contribution in [-0.2, 0) is 27.3 Å². The number of nitrogens with one attached hydrogen (secondary N) is 4. The van der Waals surface area contributed by atoms with Gasteiger partial charge in [0, 0.05) is 26.2 Å². The maximum atomic E-state index is 11.6. The highest BCUT2D eigenvalue weighted by molar-refractivity contribution is 5.67. The summed E-state index contributed by atoms with van der Waals surface area (Å²) >= 11 is 0. The molecule has 1 amide bonds. The van der Waals surface area contributed by atoms with Crippen molar-refractivity contribution in [1.82, 2.24) is 20.3 Å². The monoisotopic (exact) mass is 597 g/mol. The van der Waals surface area contributed by atoms with E-state index in [4.69, 9.17) is 23.7 Å². The Bertz CT molecular complexity index is 1170. The first-order valence-electron chi connectivity index (χ1n) is 14.1. The van der Waals surface area contributed by atoms with Crippen LogP contribution >= 0.6 is 0 Å². The smallest absolute Gasteiger partial charge is 0.407 e. The summed E-state index contributed by atoms with van der Waals surface area (Å²) in [6.45, 7) is 8.96. The fraction of sp³-hybridized carbons (Fsp3) is 0.467. The summed E-state index contributed by atoms with van der Waals surface area (Å²) in [5, 5.41) is 12.4. The van der Waals surface area contributed by atoms with Crippen molar-refractivity contribution in [1.29, 1.82) is 0 Å². The minimum absolute atomic E-state index is 0.361. The number of nitrogens with zero attached hydrogens (tertiary/aromatic N) is 3. The number of methoxy groups -OCH3 is 2. The third-order valence-corrected chi connectivity index (χ3v) is 5.67. The van der Waals surface area contributed by atoms with Crippen LogP contribution in [0.1, 0.15) is 31.9 Å². The van der Waals surface area contributed by atoms with E-state index in [-0.39, 0.29) is 0 Å². The second kappa shape index (κ2) is 17.6. The molecule has 3 aromatic rings. The molecule has 3 rings (SSSR count). The lowest BCUT2D eigenvalue weighted by molar-refractivity contribution is 0.0415. The van der Waals surface area contributed by atoms with Crippen LogP contribution in [0.25, 0.3) is 0 Å². The van der Waals surface area contributed by atoms with Gasteiger partial charge in [-0.25, -0.2) is 4.79 Å². The Morgan fingerprint density at radius 3 is 1.53 bits per heavy atom. The van der Waals surface area contributed by atoms with Crippen molar-refractivity contribution in [3.05, 3.63) is 59.7 Å². The van der Waals surface area contributed by atoms with E-state index in [0.29, 0.717) is 70.5 Å². The number of carbonyl (C=O) groups is 1. The van der Waals surface area contributed by atoms with Gasteiger partial charge in [0.1, 0.15) is 17.1 Å². The van der Waals surface area contributed by atoms with Gasteiger partial charge >= 0.3 is 6.09 Å². The van der Waals surface area contributed by atoms with Gasteiger partial charge in [0.15, 0.2) is 0 Å². The first-order chi connectivity index (χ1) is 20.7. The summed E-state index contributed by atoms with van der Waals surface area (Å²) in [4.78, 5) is 25.2. The van der Waals surface area contributed by atoms with Crippen molar-refractivity contribution in [2.75, 3.05) is 69.7 Å². The lowest BCUT2D eigenvalue weighted by atomic mass is 10.2. The predicted octanol–water partition coefficient (Wildman–Crippen LogP) is 4.08. The number of anilines is 3. The van der Waals surface area contributed by atoms with Crippen LogP contribution in [0.5, 0.6) is 11.5 Å². The highest BCUT2D eigenvalue weighted by Crippen LogP contribution is 2.16. The standard InChI is InChI=1S/C30H43N7O6/c1-30(2,3)43-29(38)32-15-17-42-19-18-41-16-14-31-26-35-27(33-20-22-6-10-24(39-4)11-7-22)37-28(36-26)34-21-23-8-12-25(40-5)13-9-23/h6-13H,14-21H2,1-5H3,(H,32,38)(H3,31,33,34,35,36,37). The van der Waals surface area contributed by atoms with E-state index in [1.807, 2.05) is 69.3 Å². The van der Waals surface area contributed by atoms with Crippen molar-refractivity contribution in [2.45, 2.75) is 39.5 Å². The van der Waals surface area contributed by atoms with E-state index < -0.39 is 11.7 Å². The van der Waals surface area contributed by atoms with Gasteiger partial charge in [0.25, 0.3) is 0 Å². The third-order valence-electron chi connectivity index (χ3n) is 5.67. The van der Waals surface area contributed by atoms with Crippen molar-refractivity contribution in [3.63, 3.8) is 0 Å². The molecule has 0 bridgehead atoms. The van der Waals surface area contributed by atoms with E-state index in [1.165, 1.54) is 0 Å². The molecular weight excluding hydrogens is 554 g/mol. The molecule has 234 valence electrons. The molecule has 0 unspecified atom stereocenters. The summed E-state index contributed by atoms with van der Waals surface area (Å²) in [6, 6.07) is 15.6. The van der Waals surface area contributed by atoms with Gasteiger partial charge in [-0.2, -0.15) is 15.0 Å². The molecule has 4 N–H and O–H groups in total. The molecule has 0 aliphatic rings. The Morgan fingerprint density at radius 2 is 1.09 bits per heavy atom. The fourth-order valence-electron chi connectivity index (χ4n) is 3.56. The number of rotatable bonds is 18. The number of hydrogen-bond donors (Lipinski definition) is 4. The van der Waals surface area contributed by atoms with E-state index in [1.54, 1.807) is 14.2 Å². The molecule has 0 aliphatic heterocycles. The number of amides is 1. The Hall–Kier alpha value is -4.36. The SMILES string of the molecule is COc1ccc(CNc2nc(NCCOCCOCCNC(=O)OC(C)(C)C)nc(NCc3ccc(OC)cc3)n2)cc1. The largest absolute Gasteiger partial charge is 0.497 e. The van der Waals surface area contributed by atoms with Crippen LogP contribution in [0.2, 0.25) is 0 Å². The molecule has 0 saturated heterocycles. The van der Waals surface area contributed by atoms with Crippen LogP contribution in [0.15, 0.2) is 48.5 Å². The number of ether oxygens (including phenoxy) is 5. The lowest BCUT2D eigenvalue weighted by Gasteiger charge is -2.19. The number of alkyl carbamates (subject to hydrolysis) is 1. The van der Waals surface area contributed by atoms with Gasteiger partial charge in [0.05, 0.1) is 40.6 Å². The molecule has 2 aromatic carbocycles. The molecule has 1 heterocycles. The van der Waals surface area contributed by atoms with E-state index in [9.17, 15) is 4.79 Å². The zero-order chi connectivity index (χ0) is 30.9. The predicted molar refractivity (Wildman–Crippen MR) is 165 cm³/mol. The number of carbonyl (C=O) groups excluding carboxylic acids is 1. The topological polar surface area (TPSA) is 150 Å². The minimum Gasteiger partial charge on any atom is -0.497 e. The zero-order valence-corrected chi connectivity index (χ0v) is 25.6. The first-order valence-corrected chi connectivity index (χ1v) is 14.1. The molecule has 0 saturated carbocycles. The molecule has 0 radical (unpaired) electrons. The van der Waals surface area contributed by atoms with E-state index in [2.05, 4.69) is 36.2 Å². The van der Waals surface area contributed by atoms with Crippen LogP contribution in [-0.4, -0.2) is 80.4 Å². The molecule has 0 fully saturated rings. The Kier molecular flexibility index (Phi) is 13.5. The average Bonchev–Trinajstić information content (AvgIpc) is 2.99. The average molecular weight is 598 g/mol. The Morgan fingerprint density at radius 1 is 0.651 bits per heavy atom. The summed E-state index contributed by atoms with van der Waals surface area (Å²) in [6.07, 6.45) is -0.463. The molecule has 0 spiro atoms. The number of aromatic nitrogens is 3. The minimum atomic E-state index is -0.529. The molecule has 43 heavy (non-hydrogen) atoms. The van der Waals surface area contributed by atoms with Crippen molar-refractivity contribution >= 4 is 23.9 Å². The normalized spacial score (nSPS) is 11.0. The lowest BCUT2D eigenvalue weighted by Crippen LogP contribution is -2.34. The first kappa shape index (κ1) is 33.1. The molecule has 0 atom stereocenters. The fourth-order valence-corrected chi connectivity index (χ4v) is 3.56. The van der Waals surface area contributed by atoms with Crippen molar-refractivity contribution < 1.29 is 28.5 Å². The van der Waals surface area contributed by atoms with Gasteiger partial charge in [-0.3, -0.25) is 0 Å². The molecule has 0 aliphatic carbocycles. The van der Waals surface area contributed by atoms with Crippen molar-refractivity contribution in [2.24, 2.45) is 0 Å². The van der Waals surface area contributed by atoms with E-state index in [0.717, 1.165) is 22.6 Å². The van der Waals surface area contributed by atoms with Crippen LogP contribution < -0.4 is 30.7 Å². The van der Waals surface area contributed by atoms with Crippen LogP contribution in [0.4, 0.5) is 22.6 Å². The van der Waals surface area contributed by atoms with Crippen molar-refractivity contribution in [3.8, 4) is 11.5 Å². The number of hydrogen-bond acceptors (Lipinski definition) is 12. The maximum absolute atomic E-state index is 11.6. The quantitative estimate of drug-likeness (QED) is 0.156. The second-order valence-electron chi connectivity index (χ2n) is 10.3. The van der Waals surface area contributed by atoms with E-state index >= 15 is 0 Å². The van der Waals surface area contributed by atoms with Gasteiger partial charge in [-0.1, -0.05) is 24.3 Å². The summed E-state index contributed by atoms with van der Waals surface area (Å²) in [7, 11) is 3.28. The highest BCUT2D eigenvalue weighted by atomic mass is 16.6. The molecular formula is C30H43N7O6. The number of benzene rings is 2. The Labute approximate surface area is 253 Å². The second-order valence-corrected chi connectivity index (χ2v) is 10.3. The highest BCUT2D eigenvalue weighted by Gasteiger charge is 2.15. The summed E-state index contributed by atoms with van der Waals surface area (Å²) in [5.74, 6) is 2.87.